The number of aromatic nitrogens is 2. The molecule has 0 fully saturated rings. The number of methoxy groups -OCH3 is 1. The zero-order valence-corrected chi connectivity index (χ0v) is 10.5. The van der Waals surface area contributed by atoms with E-state index in [0.717, 1.165) is 27.9 Å². The maximum Gasteiger partial charge on any atom is 0.119 e. The molecule has 4 rings (SSSR count). The first-order valence-corrected chi connectivity index (χ1v) is 6.20. The zero-order valence-electron chi connectivity index (χ0n) is 10.5. The molecular weight excluding hydrogens is 236 g/mol. The van der Waals surface area contributed by atoms with Crippen LogP contribution in [0, 0.1) is 0 Å². The number of benzene rings is 1. The Kier molecular flexibility index (Phi) is 2.03. The van der Waals surface area contributed by atoms with Crippen LogP contribution in [0.1, 0.15) is 0 Å². The Bertz CT molecular complexity index is 863. The molecule has 1 aromatic carbocycles. The first kappa shape index (κ1) is 10.4. The SMILES string of the molecule is COc1ccc2nc3c4ccccn4ccc-3c2c1. The van der Waals surface area contributed by atoms with Crippen LogP contribution < -0.4 is 4.74 Å². The maximum absolute atomic E-state index is 5.30. The van der Waals surface area contributed by atoms with E-state index in [1.165, 1.54) is 5.56 Å². The van der Waals surface area contributed by atoms with Crippen molar-refractivity contribution in [1.82, 2.24) is 9.38 Å². The lowest BCUT2D eigenvalue weighted by Gasteiger charge is -2.05. The fourth-order valence-corrected chi connectivity index (χ4v) is 2.57. The van der Waals surface area contributed by atoms with Gasteiger partial charge in [-0.1, -0.05) is 6.07 Å². The number of nitrogens with zero attached hydrogens (tertiary/aromatic N) is 2. The third-order valence-electron chi connectivity index (χ3n) is 3.52. The zero-order chi connectivity index (χ0) is 12.8. The van der Waals surface area contributed by atoms with Crippen LogP contribution in [0.15, 0.2) is 54.9 Å². The average Bonchev–Trinajstić information content (AvgIpc) is 2.85. The first-order valence-electron chi connectivity index (χ1n) is 6.20. The van der Waals surface area contributed by atoms with E-state index in [2.05, 4.69) is 22.7 Å². The van der Waals surface area contributed by atoms with Gasteiger partial charge in [0, 0.05) is 23.3 Å². The largest absolute Gasteiger partial charge is 0.497 e. The van der Waals surface area contributed by atoms with Gasteiger partial charge in [0.05, 0.1) is 23.8 Å². The van der Waals surface area contributed by atoms with Gasteiger partial charge in [0.25, 0.3) is 0 Å². The molecule has 0 saturated heterocycles. The maximum atomic E-state index is 5.30. The van der Waals surface area contributed by atoms with E-state index in [0.29, 0.717) is 0 Å². The highest BCUT2D eigenvalue weighted by molar-refractivity contribution is 6.02. The van der Waals surface area contributed by atoms with Crippen LogP contribution in [-0.2, 0) is 0 Å². The van der Waals surface area contributed by atoms with Crippen LogP contribution in [0.2, 0.25) is 0 Å². The van der Waals surface area contributed by atoms with Crippen LogP contribution >= 0.6 is 0 Å². The summed E-state index contributed by atoms with van der Waals surface area (Å²) in [6.07, 6.45) is 4.10. The van der Waals surface area contributed by atoms with Gasteiger partial charge >= 0.3 is 0 Å². The third kappa shape index (κ3) is 1.41. The lowest BCUT2D eigenvalue weighted by atomic mass is 10.1. The lowest BCUT2D eigenvalue weighted by Crippen LogP contribution is -1.90. The monoisotopic (exact) mass is 248 g/mol. The van der Waals surface area contributed by atoms with Gasteiger partial charge in [0.15, 0.2) is 0 Å². The van der Waals surface area contributed by atoms with Crippen molar-refractivity contribution in [2.75, 3.05) is 7.11 Å². The molecule has 2 aromatic rings. The molecule has 19 heavy (non-hydrogen) atoms. The summed E-state index contributed by atoms with van der Waals surface area (Å²) in [5.74, 6) is 0.864. The Morgan fingerprint density at radius 2 is 2.00 bits per heavy atom. The molecule has 2 aliphatic rings. The molecule has 3 heteroatoms. The van der Waals surface area contributed by atoms with E-state index < -0.39 is 0 Å². The van der Waals surface area contributed by atoms with Crippen molar-refractivity contribution in [3.8, 4) is 17.0 Å². The molecule has 0 amide bonds. The van der Waals surface area contributed by atoms with Crippen molar-refractivity contribution in [2.24, 2.45) is 0 Å². The van der Waals surface area contributed by atoms with Gasteiger partial charge in [-0.25, -0.2) is 4.98 Å². The molecule has 0 aliphatic carbocycles. The highest BCUT2D eigenvalue weighted by Crippen LogP contribution is 2.35. The van der Waals surface area contributed by atoms with Gasteiger partial charge in [0.1, 0.15) is 5.75 Å². The van der Waals surface area contributed by atoms with Crippen molar-refractivity contribution in [2.45, 2.75) is 0 Å². The number of hydrogen-bond donors (Lipinski definition) is 0. The molecule has 1 aromatic heterocycles. The fourth-order valence-electron chi connectivity index (χ4n) is 2.57. The molecule has 92 valence electrons. The van der Waals surface area contributed by atoms with Gasteiger partial charge in [-0.15, -0.1) is 0 Å². The summed E-state index contributed by atoms with van der Waals surface area (Å²) >= 11 is 0. The van der Waals surface area contributed by atoms with Crippen LogP contribution in [0.5, 0.6) is 5.75 Å². The summed E-state index contributed by atoms with van der Waals surface area (Å²) in [4.78, 5) is 4.74. The lowest BCUT2D eigenvalue weighted by molar-refractivity contribution is 0.415. The number of hydrogen-bond acceptors (Lipinski definition) is 2. The van der Waals surface area contributed by atoms with Crippen molar-refractivity contribution in [3.05, 3.63) is 54.9 Å². The van der Waals surface area contributed by atoms with Crippen molar-refractivity contribution >= 4 is 16.4 Å². The first-order chi connectivity index (χ1) is 9.36. The topological polar surface area (TPSA) is 26.5 Å². The molecule has 2 aliphatic heterocycles. The van der Waals surface area contributed by atoms with E-state index >= 15 is 0 Å². The molecule has 0 radical (unpaired) electrons. The summed E-state index contributed by atoms with van der Waals surface area (Å²) in [7, 11) is 1.69. The van der Waals surface area contributed by atoms with E-state index in [4.69, 9.17) is 9.72 Å². The normalized spacial score (nSPS) is 11.4. The van der Waals surface area contributed by atoms with Gasteiger partial charge in [0.2, 0.25) is 0 Å². The van der Waals surface area contributed by atoms with E-state index in [1.807, 2.05) is 36.5 Å². The third-order valence-corrected chi connectivity index (χ3v) is 3.52. The Balaban J connectivity index is 2.16. The molecular formula is C16H12N2O. The fraction of sp³-hybridized carbons (Fsp3) is 0.0625. The van der Waals surface area contributed by atoms with E-state index in [9.17, 15) is 0 Å². The molecule has 0 N–H and O–H groups in total. The predicted molar refractivity (Wildman–Crippen MR) is 75.9 cm³/mol. The van der Waals surface area contributed by atoms with Gasteiger partial charge < -0.3 is 9.14 Å². The Morgan fingerprint density at radius 1 is 1.05 bits per heavy atom. The average molecular weight is 248 g/mol. The summed E-state index contributed by atoms with van der Waals surface area (Å²) in [5, 5.41) is 1.14. The smallest absolute Gasteiger partial charge is 0.119 e. The molecule has 0 bridgehead atoms. The van der Waals surface area contributed by atoms with Crippen molar-refractivity contribution in [1.29, 1.82) is 0 Å². The van der Waals surface area contributed by atoms with Crippen LogP contribution in [0.3, 0.4) is 0 Å². The minimum Gasteiger partial charge on any atom is -0.497 e. The summed E-state index contributed by atoms with van der Waals surface area (Å²) in [6, 6.07) is 14.3. The summed E-state index contributed by atoms with van der Waals surface area (Å²) < 4.78 is 7.38. The quantitative estimate of drug-likeness (QED) is 0.514. The molecule has 0 saturated carbocycles. The van der Waals surface area contributed by atoms with Gasteiger partial charge in [-0.3, -0.25) is 0 Å². The van der Waals surface area contributed by atoms with Gasteiger partial charge in [-0.2, -0.15) is 0 Å². The second-order valence-electron chi connectivity index (χ2n) is 4.57. The van der Waals surface area contributed by atoms with Crippen molar-refractivity contribution < 1.29 is 4.74 Å². The Morgan fingerprint density at radius 3 is 2.89 bits per heavy atom. The minimum absolute atomic E-state index is 0.864. The molecule has 3 nitrogen and oxygen atoms in total. The summed E-state index contributed by atoms with van der Waals surface area (Å²) in [5.41, 5.74) is 4.33. The molecule has 3 heterocycles. The van der Waals surface area contributed by atoms with E-state index in [1.54, 1.807) is 7.11 Å². The predicted octanol–water partition coefficient (Wildman–Crippen LogP) is 3.60. The van der Waals surface area contributed by atoms with Crippen LogP contribution in [0.25, 0.3) is 27.7 Å². The van der Waals surface area contributed by atoms with Gasteiger partial charge in [-0.05, 0) is 36.4 Å². The summed E-state index contributed by atoms with van der Waals surface area (Å²) in [6.45, 7) is 0. The molecule has 0 spiro atoms. The molecule has 0 unspecified atom stereocenters. The standard InChI is InChI=1S/C16H12N2O/c1-19-11-5-6-14-13(10-11)12-7-9-18-8-3-2-4-15(18)16(12)17-14/h2-10H,1H3. The number of fused-ring (bicyclic) bond motifs is 5. The number of rotatable bonds is 1. The minimum atomic E-state index is 0.864. The Hall–Kier alpha value is -2.55. The highest BCUT2D eigenvalue weighted by Gasteiger charge is 2.14. The van der Waals surface area contributed by atoms with Crippen LogP contribution in [0.4, 0.5) is 0 Å². The second kappa shape index (κ2) is 3.72. The Labute approximate surface area is 110 Å². The number of ether oxygens (including phenoxy) is 1. The highest BCUT2D eigenvalue weighted by atomic mass is 16.5. The van der Waals surface area contributed by atoms with Crippen molar-refractivity contribution in [3.63, 3.8) is 0 Å². The number of pyridine rings is 2. The van der Waals surface area contributed by atoms with Crippen LogP contribution in [-0.4, -0.2) is 16.5 Å². The second-order valence-corrected chi connectivity index (χ2v) is 4.57. The molecule has 0 atom stereocenters. The van der Waals surface area contributed by atoms with E-state index in [-0.39, 0.29) is 0 Å².